The number of para-hydroxylation sites is 1. The van der Waals surface area contributed by atoms with Crippen molar-refractivity contribution in [3.8, 4) is 17.5 Å². The smallest absolute Gasteiger partial charge is 0.239 e. The average molecular weight is 420 g/mol. The van der Waals surface area contributed by atoms with Crippen molar-refractivity contribution in [2.24, 2.45) is 0 Å². The Bertz CT molecular complexity index is 1130. The molecule has 0 saturated carbocycles. The lowest BCUT2D eigenvalue weighted by Crippen LogP contribution is -2.30. The number of likely N-dealkylation sites (N-methyl/N-ethyl adjacent to an activating group) is 1. The zero-order valence-electron chi connectivity index (χ0n) is 18.1. The Balaban J connectivity index is 1.83. The van der Waals surface area contributed by atoms with Gasteiger partial charge in [0.05, 0.1) is 19.2 Å². The number of nitrogens with one attached hydrogen (secondary N) is 1. The number of nitrogens with zero attached hydrogens (tertiary/aromatic N) is 3. The Morgan fingerprint density at radius 1 is 1.19 bits per heavy atom. The summed E-state index contributed by atoms with van der Waals surface area (Å²) in [6, 6.07) is 15.8. The van der Waals surface area contributed by atoms with Gasteiger partial charge in [0.25, 0.3) is 0 Å². The number of anilines is 1. The summed E-state index contributed by atoms with van der Waals surface area (Å²) in [4.78, 5) is 14.7. The van der Waals surface area contributed by atoms with E-state index in [1.165, 1.54) is 12.1 Å². The minimum absolute atomic E-state index is 0.121. The Morgan fingerprint density at radius 2 is 1.87 bits per heavy atom. The van der Waals surface area contributed by atoms with E-state index in [0.717, 1.165) is 22.6 Å². The molecule has 3 aromatic rings. The van der Waals surface area contributed by atoms with Crippen LogP contribution in [0.1, 0.15) is 22.4 Å². The second kappa shape index (κ2) is 9.45. The van der Waals surface area contributed by atoms with Crippen LogP contribution in [0.4, 0.5) is 10.2 Å². The topological polar surface area (TPSA) is 70.3 Å². The minimum atomic E-state index is -0.352. The van der Waals surface area contributed by atoms with Crippen molar-refractivity contribution in [3.63, 3.8) is 0 Å². The predicted octanol–water partition coefficient (Wildman–Crippen LogP) is 4.18. The molecule has 1 aromatic heterocycles. The third kappa shape index (κ3) is 4.76. The molecule has 1 heterocycles. The fourth-order valence-electron chi connectivity index (χ4n) is 3.57. The van der Waals surface area contributed by atoms with Crippen molar-refractivity contribution >= 4 is 11.7 Å². The van der Waals surface area contributed by atoms with Crippen molar-refractivity contribution in [3.05, 3.63) is 76.7 Å². The largest absolute Gasteiger partial charge is 0.496 e. The lowest BCUT2D eigenvalue weighted by Gasteiger charge is -2.19. The van der Waals surface area contributed by atoms with Gasteiger partial charge in [-0.15, -0.1) is 0 Å². The highest BCUT2D eigenvalue weighted by atomic mass is 19.1. The standard InChI is InChI=1S/C24H25FN4O2/c1-16-17(2)29(20-11-9-19(25)10-12-20)24(21(16)13-26)27-23(30)15-28(3)14-18-7-5-6-8-22(18)31-4/h5-12H,14-15H2,1-4H3,(H,27,30). The molecule has 7 heteroatoms. The molecule has 0 aliphatic heterocycles. The van der Waals surface area contributed by atoms with E-state index in [1.54, 1.807) is 23.8 Å². The lowest BCUT2D eigenvalue weighted by atomic mass is 10.2. The van der Waals surface area contributed by atoms with Crippen molar-refractivity contribution in [2.45, 2.75) is 20.4 Å². The normalized spacial score (nSPS) is 10.7. The van der Waals surface area contributed by atoms with Crippen LogP contribution in [0, 0.1) is 31.0 Å². The molecule has 0 aliphatic carbocycles. The molecule has 1 N–H and O–H groups in total. The first-order valence-corrected chi connectivity index (χ1v) is 9.84. The molecule has 0 saturated heterocycles. The number of methoxy groups -OCH3 is 1. The van der Waals surface area contributed by atoms with E-state index in [0.29, 0.717) is 23.6 Å². The molecule has 0 spiro atoms. The van der Waals surface area contributed by atoms with Gasteiger partial charge >= 0.3 is 0 Å². The first kappa shape index (κ1) is 22.1. The number of nitriles is 1. The molecule has 0 radical (unpaired) electrons. The van der Waals surface area contributed by atoms with Crippen LogP contribution in [-0.4, -0.2) is 36.1 Å². The zero-order valence-corrected chi connectivity index (χ0v) is 18.1. The quantitative estimate of drug-likeness (QED) is 0.622. The Labute approximate surface area is 181 Å². The summed E-state index contributed by atoms with van der Waals surface area (Å²) in [5.41, 5.74) is 3.61. The number of ether oxygens (including phenoxy) is 1. The first-order chi connectivity index (χ1) is 14.8. The predicted molar refractivity (Wildman–Crippen MR) is 118 cm³/mol. The van der Waals surface area contributed by atoms with E-state index in [4.69, 9.17) is 4.74 Å². The minimum Gasteiger partial charge on any atom is -0.496 e. The van der Waals surface area contributed by atoms with Crippen molar-refractivity contribution < 1.29 is 13.9 Å². The van der Waals surface area contributed by atoms with Gasteiger partial charge in [-0.05, 0) is 56.8 Å². The van der Waals surface area contributed by atoms with Crippen molar-refractivity contribution in [1.29, 1.82) is 5.26 Å². The molecule has 31 heavy (non-hydrogen) atoms. The summed E-state index contributed by atoms with van der Waals surface area (Å²) in [7, 11) is 3.45. The molecule has 6 nitrogen and oxygen atoms in total. The molecule has 0 aliphatic rings. The Morgan fingerprint density at radius 3 is 2.52 bits per heavy atom. The second-order valence-corrected chi connectivity index (χ2v) is 7.39. The highest BCUT2D eigenvalue weighted by Crippen LogP contribution is 2.30. The number of carbonyl (C=O) groups excluding carboxylic acids is 1. The summed E-state index contributed by atoms with van der Waals surface area (Å²) in [6.45, 7) is 4.34. The van der Waals surface area contributed by atoms with Crippen LogP contribution in [0.5, 0.6) is 5.75 Å². The highest BCUT2D eigenvalue weighted by molar-refractivity contribution is 5.93. The van der Waals surface area contributed by atoms with Crippen LogP contribution in [0.25, 0.3) is 5.69 Å². The van der Waals surface area contributed by atoms with Crippen LogP contribution in [0.15, 0.2) is 48.5 Å². The fourth-order valence-corrected chi connectivity index (χ4v) is 3.57. The summed E-state index contributed by atoms with van der Waals surface area (Å²) in [5.74, 6) is 0.543. The summed E-state index contributed by atoms with van der Waals surface area (Å²) in [5, 5.41) is 12.6. The third-order valence-electron chi connectivity index (χ3n) is 5.21. The average Bonchev–Trinajstić information content (AvgIpc) is 2.98. The van der Waals surface area contributed by atoms with E-state index < -0.39 is 0 Å². The molecular formula is C24H25FN4O2. The van der Waals surface area contributed by atoms with E-state index in [-0.39, 0.29) is 18.3 Å². The summed E-state index contributed by atoms with van der Waals surface area (Å²) in [6.07, 6.45) is 0. The Hall–Kier alpha value is -3.63. The van der Waals surface area contributed by atoms with E-state index >= 15 is 0 Å². The monoisotopic (exact) mass is 420 g/mol. The van der Waals surface area contributed by atoms with Gasteiger partial charge < -0.3 is 10.1 Å². The van der Waals surface area contributed by atoms with E-state index in [9.17, 15) is 14.4 Å². The SMILES string of the molecule is COc1ccccc1CN(C)CC(=O)Nc1c(C#N)c(C)c(C)n1-c1ccc(F)cc1. The third-order valence-corrected chi connectivity index (χ3v) is 5.21. The number of halogens is 1. The maximum absolute atomic E-state index is 13.4. The molecule has 1 amide bonds. The van der Waals surface area contributed by atoms with Gasteiger partial charge in [-0.2, -0.15) is 5.26 Å². The molecule has 3 rings (SSSR count). The van der Waals surface area contributed by atoms with Crippen LogP contribution in [-0.2, 0) is 11.3 Å². The van der Waals surface area contributed by atoms with Gasteiger partial charge in [0.15, 0.2) is 0 Å². The van der Waals surface area contributed by atoms with Crippen molar-refractivity contribution in [1.82, 2.24) is 9.47 Å². The lowest BCUT2D eigenvalue weighted by molar-refractivity contribution is -0.117. The summed E-state index contributed by atoms with van der Waals surface area (Å²) < 4.78 is 20.5. The van der Waals surface area contributed by atoms with E-state index in [2.05, 4.69) is 11.4 Å². The number of rotatable bonds is 7. The molecule has 0 bridgehead atoms. The van der Waals surface area contributed by atoms with Crippen LogP contribution in [0.3, 0.4) is 0 Å². The van der Waals surface area contributed by atoms with Gasteiger partial charge in [-0.1, -0.05) is 18.2 Å². The molecule has 0 unspecified atom stereocenters. The van der Waals surface area contributed by atoms with Gasteiger partial charge in [0.2, 0.25) is 5.91 Å². The molecular weight excluding hydrogens is 395 g/mol. The van der Waals surface area contributed by atoms with Gasteiger partial charge in [-0.3, -0.25) is 14.3 Å². The maximum Gasteiger partial charge on any atom is 0.239 e. The maximum atomic E-state index is 13.4. The second-order valence-electron chi connectivity index (χ2n) is 7.39. The molecule has 2 aromatic carbocycles. The zero-order chi connectivity index (χ0) is 22.5. The fraction of sp³-hybridized carbons (Fsp3) is 0.250. The molecule has 0 fully saturated rings. The number of amides is 1. The van der Waals surface area contributed by atoms with Crippen LogP contribution in [0.2, 0.25) is 0 Å². The number of carbonyl (C=O) groups is 1. The number of hydrogen-bond acceptors (Lipinski definition) is 4. The first-order valence-electron chi connectivity index (χ1n) is 9.84. The summed E-state index contributed by atoms with van der Waals surface area (Å²) >= 11 is 0. The Kier molecular flexibility index (Phi) is 6.73. The van der Waals surface area contributed by atoms with Gasteiger partial charge in [0, 0.05) is 23.5 Å². The number of benzene rings is 2. The van der Waals surface area contributed by atoms with Gasteiger partial charge in [0.1, 0.15) is 23.5 Å². The van der Waals surface area contributed by atoms with Crippen LogP contribution < -0.4 is 10.1 Å². The van der Waals surface area contributed by atoms with Crippen molar-refractivity contribution in [2.75, 3.05) is 26.0 Å². The highest BCUT2D eigenvalue weighted by Gasteiger charge is 2.21. The van der Waals surface area contributed by atoms with Gasteiger partial charge in [-0.25, -0.2) is 4.39 Å². The van der Waals surface area contributed by atoms with Crippen LogP contribution >= 0.6 is 0 Å². The number of aromatic nitrogens is 1. The van der Waals surface area contributed by atoms with E-state index in [1.807, 2.05) is 50.1 Å². The molecule has 160 valence electrons. The molecule has 0 atom stereocenters. The number of hydrogen-bond donors (Lipinski definition) is 1.